The highest BCUT2D eigenvalue weighted by molar-refractivity contribution is 6.22. The third kappa shape index (κ3) is 4.87. The van der Waals surface area contributed by atoms with Crippen LogP contribution in [-0.4, -0.2) is 54.8 Å². The molecule has 158 valence electrons. The van der Waals surface area contributed by atoms with Crippen molar-refractivity contribution in [3.05, 3.63) is 24.3 Å². The van der Waals surface area contributed by atoms with Crippen molar-refractivity contribution in [1.82, 2.24) is 4.90 Å². The number of rotatable bonds is 5. The van der Waals surface area contributed by atoms with E-state index in [9.17, 15) is 27.6 Å². The zero-order chi connectivity index (χ0) is 21.2. The zero-order valence-electron chi connectivity index (χ0n) is 15.8. The first kappa shape index (κ1) is 21.1. The number of ether oxygens (including phenoxy) is 2. The van der Waals surface area contributed by atoms with Crippen LogP contribution in [0.15, 0.2) is 24.3 Å². The molecule has 2 aliphatic rings. The largest absolute Gasteiger partial charge is 0.573 e. The number of esters is 1. The molecule has 2 saturated heterocycles. The van der Waals surface area contributed by atoms with Crippen molar-refractivity contribution in [3.63, 3.8) is 0 Å². The van der Waals surface area contributed by atoms with E-state index in [1.54, 1.807) is 11.8 Å². The molecule has 0 unspecified atom stereocenters. The summed E-state index contributed by atoms with van der Waals surface area (Å²) < 4.78 is 46.3. The summed E-state index contributed by atoms with van der Waals surface area (Å²) >= 11 is 0. The van der Waals surface area contributed by atoms with Gasteiger partial charge in [-0.25, -0.2) is 4.90 Å². The molecule has 29 heavy (non-hydrogen) atoms. The maximum atomic E-state index is 12.9. The molecule has 2 atom stereocenters. The van der Waals surface area contributed by atoms with Crippen molar-refractivity contribution >= 4 is 23.5 Å². The van der Waals surface area contributed by atoms with Crippen LogP contribution in [0.1, 0.15) is 26.2 Å². The fourth-order valence-electron chi connectivity index (χ4n) is 3.73. The first-order valence-electron chi connectivity index (χ1n) is 9.33. The average molecular weight is 414 g/mol. The highest BCUT2D eigenvalue weighted by Gasteiger charge is 2.44. The van der Waals surface area contributed by atoms with Crippen molar-refractivity contribution in [2.75, 3.05) is 24.6 Å². The van der Waals surface area contributed by atoms with E-state index in [0.717, 1.165) is 17.0 Å². The molecule has 0 radical (unpaired) electrons. The summed E-state index contributed by atoms with van der Waals surface area (Å²) in [5.41, 5.74) is 0.0169. The van der Waals surface area contributed by atoms with Crippen LogP contribution in [0.5, 0.6) is 5.75 Å². The van der Waals surface area contributed by atoms with E-state index >= 15 is 0 Å². The number of nitrogens with zero attached hydrogens (tertiary/aromatic N) is 2. The van der Waals surface area contributed by atoms with Gasteiger partial charge in [0.1, 0.15) is 5.75 Å². The molecule has 0 spiro atoms. The molecule has 7 nitrogen and oxygen atoms in total. The van der Waals surface area contributed by atoms with Crippen molar-refractivity contribution in [2.45, 2.75) is 38.6 Å². The maximum Gasteiger partial charge on any atom is 0.573 e. The Balaban J connectivity index is 1.75. The number of piperidine rings is 1. The van der Waals surface area contributed by atoms with E-state index < -0.39 is 30.0 Å². The summed E-state index contributed by atoms with van der Waals surface area (Å²) in [5, 5.41) is 0. The number of halogens is 3. The van der Waals surface area contributed by atoms with E-state index in [1.807, 2.05) is 0 Å². The van der Waals surface area contributed by atoms with Gasteiger partial charge in [0.05, 0.1) is 30.7 Å². The van der Waals surface area contributed by atoms with Crippen LogP contribution in [0.4, 0.5) is 18.9 Å². The Morgan fingerprint density at radius 1 is 1.28 bits per heavy atom. The lowest BCUT2D eigenvalue weighted by Gasteiger charge is -2.34. The van der Waals surface area contributed by atoms with Crippen LogP contribution in [0, 0.1) is 5.92 Å². The van der Waals surface area contributed by atoms with Gasteiger partial charge in [0, 0.05) is 12.6 Å². The van der Waals surface area contributed by atoms with E-state index in [4.69, 9.17) is 4.74 Å². The number of hydrogen-bond donors (Lipinski definition) is 0. The molecule has 3 rings (SSSR count). The normalized spacial score (nSPS) is 23.4. The molecule has 0 aliphatic carbocycles. The van der Waals surface area contributed by atoms with Crippen LogP contribution in [0.25, 0.3) is 0 Å². The van der Waals surface area contributed by atoms with Gasteiger partial charge in [0.15, 0.2) is 0 Å². The minimum atomic E-state index is -4.88. The first-order chi connectivity index (χ1) is 13.7. The minimum Gasteiger partial charge on any atom is -0.466 e. The Labute approximate surface area is 165 Å². The molecule has 0 N–H and O–H groups in total. The lowest BCUT2D eigenvalue weighted by Crippen LogP contribution is -2.48. The van der Waals surface area contributed by atoms with Crippen molar-refractivity contribution in [1.29, 1.82) is 0 Å². The van der Waals surface area contributed by atoms with Gasteiger partial charge in [-0.3, -0.25) is 19.3 Å². The maximum absolute atomic E-state index is 12.9. The molecule has 1 aromatic rings. The summed E-state index contributed by atoms with van der Waals surface area (Å²) in [7, 11) is 0. The number of carbonyl (C=O) groups is 3. The van der Waals surface area contributed by atoms with Gasteiger partial charge in [-0.2, -0.15) is 0 Å². The summed E-state index contributed by atoms with van der Waals surface area (Å²) in [4.78, 5) is 40.1. The Morgan fingerprint density at radius 3 is 2.72 bits per heavy atom. The summed E-state index contributed by atoms with van der Waals surface area (Å²) in [6, 6.07) is 3.99. The monoisotopic (exact) mass is 414 g/mol. The number of alkyl halides is 3. The molecule has 0 aromatic heterocycles. The smallest absolute Gasteiger partial charge is 0.466 e. The number of benzene rings is 1. The second-order valence-corrected chi connectivity index (χ2v) is 6.92. The van der Waals surface area contributed by atoms with Crippen LogP contribution in [-0.2, 0) is 19.1 Å². The van der Waals surface area contributed by atoms with Crippen LogP contribution in [0.3, 0.4) is 0 Å². The van der Waals surface area contributed by atoms with Gasteiger partial charge in [-0.15, -0.1) is 13.2 Å². The Morgan fingerprint density at radius 2 is 2.03 bits per heavy atom. The fraction of sp³-hybridized carbons (Fsp3) is 0.526. The van der Waals surface area contributed by atoms with Crippen LogP contribution in [0.2, 0.25) is 0 Å². The predicted octanol–water partition coefficient (Wildman–Crippen LogP) is 2.49. The van der Waals surface area contributed by atoms with Crippen LogP contribution >= 0.6 is 0 Å². The number of carbonyl (C=O) groups excluding carboxylic acids is 3. The molecule has 1 aromatic carbocycles. The molecule has 2 fully saturated rings. The highest BCUT2D eigenvalue weighted by atomic mass is 19.4. The zero-order valence-corrected chi connectivity index (χ0v) is 15.8. The second-order valence-electron chi connectivity index (χ2n) is 6.92. The molecule has 2 heterocycles. The molecule has 0 saturated carbocycles. The second kappa shape index (κ2) is 8.40. The summed E-state index contributed by atoms with van der Waals surface area (Å²) in [6.07, 6.45) is -3.66. The van der Waals surface area contributed by atoms with Crippen LogP contribution < -0.4 is 9.64 Å². The molecular weight excluding hydrogens is 393 g/mol. The van der Waals surface area contributed by atoms with Gasteiger partial charge >= 0.3 is 12.3 Å². The lowest BCUT2D eigenvalue weighted by molar-refractivity contribution is -0.274. The van der Waals surface area contributed by atoms with Crippen molar-refractivity contribution < 1.29 is 37.0 Å². The third-order valence-corrected chi connectivity index (χ3v) is 4.95. The Bertz CT molecular complexity index is 798. The van der Waals surface area contributed by atoms with E-state index in [-0.39, 0.29) is 30.6 Å². The van der Waals surface area contributed by atoms with E-state index in [1.165, 1.54) is 12.1 Å². The molecule has 0 bridgehead atoms. The number of anilines is 1. The van der Waals surface area contributed by atoms with Crippen molar-refractivity contribution in [3.8, 4) is 5.75 Å². The average Bonchev–Trinajstić information content (AvgIpc) is 2.95. The topological polar surface area (TPSA) is 76.2 Å². The van der Waals surface area contributed by atoms with E-state index in [0.29, 0.717) is 25.9 Å². The van der Waals surface area contributed by atoms with Gasteiger partial charge < -0.3 is 9.47 Å². The standard InChI is InChI=1S/C19H21F3N2O5/c1-2-28-18(27)12-5-4-8-23(11-12)15-10-16(25)24(17(15)26)13-6-3-7-14(9-13)29-19(20,21)22/h3,6-7,9,12,15H,2,4-5,8,10-11H2,1H3/t12-,15+/m0/s1. The molecule has 10 heteroatoms. The highest BCUT2D eigenvalue weighted by Crippen LogP contribution is 2.32. The Kier molecular flexibility index (Phi) is 6.11. The number of likely N-dealkylation sites (tertiary alicyclic amines) is 1. The SMILES string of the molecule is CCOC(=O)[C@H]1CCCN([C@@H]2CC(=O)N(c3cccc(OC(F)(F)F)c3)C2=O)C1. The quantitative estimate of drug-likeness (QED) is 0.544. The van der Waals surface area contributed by atoms with Gasteiger partial charge in [0.2, 0.25) is 5.91 Å². The summed E-state index contributed by atoms with van der Waals surface area (Å²) in [5.74, 6) is -2.25. The minimum absolute atomic E-state index is 0.0169. The third-order valence-electron chi connectivity index (χ3n) is 4.95. The lowest BCUT2D eigenvalue weighted by atomic mass is 9.96. The van der Waals surface area contributed by atoms with Gasteiger partial charge in [-0.1, -0.05) is 6.07 Å². The molecule has 2 amide bonds. The van der Waals surface area contributed by atoms with Crippen molar-refractivity contribution in [2.24, 2.45) is 5.92 Å². The molecular formula is C19H21F3N2O5. The first-order valence-corrected chi connectivity index (χ1v) is 9.33. The number of amides is 2. The van der Waals surface area contributed by atoms with Gasteiger partial charge in [0.25, 0.3) is 5.91 Å². The molecule has 2 aliphatic heterocycles. The fourth-order valence-corrected chi connectivity index (χ4v) is 3.73. The summed E-state index contributed by atoms with van der Waals surface area (Å²) in [6.45, 7) is 2.82. The number of hydrogen-bond acceptors (Lipinski definition) is 6. The predicted molar refractivity (Wildman–Crippen MR) is 95.0 cm³/mol. The number of imide groups is 1. The van der Waals surface area contributed by atoms with Gasteiger partial charge in [-0.05, 0) is 38.4 Å². The Hall–Kier alpha value is -2.62. The van der Waals surface area contributed by atoms with E-state index in [2.05, 4.69) is 4.74 Å².